The Kier molecular flexibility index (Phi) is 4.59. The van der Waals surface area contributed by atoms with E-state index in [1.165, 1.54) is 0 Å². The summed E-state index contributed by atoms with van der Waals surface area (Å²) < 4.78 is 0. The molecule has 6 nitrogen and oxygen atoms in total. The van der Waals surface area contributed by atoms with E-state index in [4.69, 9.17) is 0 Å². The van der Waals surface area contributed by atoms with Crippen LogP contribution in [0.5, 0.6) is 0 Å². The van der Waals surface area contributed by atoms with Gasteiger partial charge in [0.1, 0.15) is 5.56 Å². The Bertz CT molecular complexity index is 862. The van der Waals surface area contributed by atoms with Crippen LogP contribution < -0.4 is 5.56 Å². The summed E-state index contributed by atoms with van der Waals surface area (Å²) in [6, 6.07) is 5.61. The topological polar surface area (TPSA) is 86.3 Å². The van der Waals surface area contributed by atoms with E-state index in [1.807, 2.05) is 12.1 Å². The quantitative estimate of drug-likeness (QED) is 0.871. The molecule has 0 bridgehead atoms. The Labute approximate surface area is 151 Å². The molecule has 2 aromatic rings. The molecule has 1 aliphatic carbocycles. The van der Waals surface area contributed by atoms with Crippen LogP contribution in [0.1, 0.15) is 40.0 Å². The summed E-state index contributed by atoms with van der Waals surface area (Å²) in [6.45, 7) is 0.726. The van der Waals surface area contributed by atoms with Gasteiger partial charge in [0.15, 0.2) is 0 Å². The molecule has 3 heterocycles. The Morgan fingerprint density at radius 1 is 1.23 bits per heavy atom. The molecule has 0 radical (unpaired) electrons. The van der Waals surface area contributed by atoms with Crippen LogP contribution in [0.4, 0.5) is 0 Å². The first-order valence-electron chi connectivity index (χ1n) is 9.23. The molecule has 1 saturated heterocycles. The fourth-order valence-electron chi connectivity index (χ4n) is 4.05. The number of aliphatic hydroxyl groups excluding tert-OH is 1. The fourth-order valence-corrected chi connectivity index (χ4v) is 4.05. The van der Waals surface area contributed by atoms with Gasteiger partial charge in [-0.1, -0.05) is 0 Å². The number of nitrogens with zero attached hydrogens (tertiary/aromatic N) is 2. The number of aromatic nitrogens is 2. The highest BCUT2D eigenvalue weighted by molar-refractivity contribution is 5.94. The predicted octanol–water partition coefficient (Wildman–Crippen LogP) is 1.32. The molecule has 1 fully saturated rings. The second-order valence-corrected chi connectivity index (χ2v) is 7.32. The van der Waals surface area contributed by atoms with Gasteiger partial charge in [-0.2, -0.15) is 0 Å². The second-order valence-electron chi connectivity index (χ2n) is 7.32. The van der Waals surface area contributed by atoms with Crippen LogP contribution in [0.3, 0.4) is 0 Å². The van der Waals surface area contributed by atoms with Gasteiger partial charge in [-0.15, -0.1) is 0 Å². The highest BCUT2D eigenvalue weighted by Gasteiger charge is 2.35. The number of aryl methyl sites for hydroxylation is 2. The Hall–Kier alpha value is -2.47. The number of aliphatic hydroxyl groups is 1. The summed E-state index contributed by atoms with van der Waals surface area (Å²) in [5, 5.41) is 10.4. The van der Waals surface area contributed by atoms with Gasteiger partial charge < -0.3 is 15.0 Å². The minimum Gasteiger partial charge on any atom is -0.391 e. The van der Waals surface area contributed by atoms with Gasteiger partial charge in [0.2, 0.25) is 0 Å². The summed E-state index contributed by atoms with van der Waals surface area (Å²) in [5.74, 6) is -0.311. The van der Waals surface area contributed by atoms with Crippen molar-refractivity contribution in [3.8, 4) is 0 Å². The van der Waals surface area contributed by atoms with Gasteiger partial charge in [-0.05, 0) is 61.4 Å². The van der Waals surface area contributed by atoms with E-state index in [0.717, 1.165) is 42.5 Å². The van der Waals surface area contributed by atoms with Gasteiger partial charge in [0.05, 0.1) is 6.10 Å². The molecule has 2 aliphatic rings. The van der Waals surface area contributed by atoms with E-state index in [-0.39, 0.29) is 29.5 Å². The fraction of sp³-hybridized carbons (Fsp3) is 0.450. The van der Waals surface area contributed by atoms with Crippen molar-refractivity contribution in [2.24, 2.45) is 5.92 Å². The highest BCUT2D eigenvalue weighted by atomic mass is 16.3. The predicted molar refractivity (Wildman–Crippen MR) is 97.0 cm³/mol. The molecule has 1 aliphatic heterocycles. The molecular weight excluding hydrogens is 330 g/mol. The smallest absolute Gasteiger partial charge is 0.261 e. The van der Waals surface area contributed by atoms with Crippen LogP contribution in [0.2, 0.25) is 0 Å². The number of hydrogen-bond acceptors (Lipinski definition) is 4. The normalized spacial score (nSPS) is 22.3. The van der Waals surface area contributed by atoms with Crippen molar-refractivity contribution in [2.75, 3.05) is 13.1 Å². The van der Waals surface area contributed by atoms with Crippen LogP contribution in [0, 0.1) is 5.92 Å². The summed E-state index contributed by atoms with van der Waals surface area (Å²) in [6.07, 6.45) is 7.50. The number of pyridine rings is 2. The van der Waals surface area contributed by atoms with Crippen molar-refractivity contribution in [3.63, 3.8) is 0 Å². The molecular formula is C20H23N3O3. The van der Waals surface area contributed by atoms with Crippen LogP contribution in [0.25, 0.3) is 0 Å². The SMILES string of the molecule is O=C(c1cc2c([nH]c1=O)CCCC2)N1CC(O)C(Cc2ccncc2)C1. The summed E-state index contributed by atoms with van der Waals surface area (Å²) in [4.78, 5) is 33.8. The average molecular weight is 353 g/mol. The lowest BCUT2D eigenvalue weighted by Crippen LogP contribution is -2.34. The van der Waals surface area contributed by atoms with Crippen molar-refractivity contribution in [2.45, 2.75) is 38.2 Å². The maximum atomic E-state index is 12.9. The monoisotopic (exact) mass is 353 g/mol. The van der Waals surface area contributed by atoms with Crippen molar-refractivity contribution in [3.05, 3.63) is 63.3 Å². The number of fused-ring (bicyclic) bond motifs is 1. The zero-order valence-electron chi connectivity index (χ0n) is 14.6. The molecule has 0 saturated carbocycles. The van der Waals surface area contributed by atoms with Crippen LogP contribution in [-0.2, 0) is 19.3 Å². The van der Waals surface area contributed by atoms with Crippen molar-refractivity contribution in [1.29, 1.82) is 0 Å². The number of carbonyl (C=O) groups is 1. The molecule has 0 aromatic carbocycles. The van der Waals surface area contributed by atoms with E-state index < -0.39 is 6.10 Å². The molecule has 4 rings (SSSR count). The number of likely N-dealkylation sites (tertiary alicyclic amines) is 1. The minimum absolute atomic E-state index is 0.0296. The molecule has 0 spiro atoms. The zero-order valence-corrected chi connectivity index (χ0v) is 14.6. The lowest BCUT2D eigenvalue weighted by Gasteiger charge is -2.19. The number of carbonyl (C=O) groups excluding carboxylic acids is 1. The first kappa shape index (κ1) is 17.0. The van der Waals surface area contributed by atoms with Crippen molar-refractivity contribution >= 4 is 5.91 Å². The summed E-state index contributed by atoms with van der Waals surface area (Å²) >= 11 is 0. The van der Waals surface area contributed by atoms with Crippen LogP contribution in [0.15, 0.2) is 35.4 Å². The summed E-state index contributed by atoms with van der Waals surface area (Å²) in [5.41, 5.74) is 3.01. The first-order chi connectivity index (χ1) is 12.6. The van der Waals surface area contributed by atoms with Gasteiger partial charge in [0, 0.05) is 37.1 Å². The van der Waals surface area contributed by atoms with E-state index in [9.17, 15) is 14.7 Å². The van der Waals surface area contributed by atoms with E-state index in [2.05, 4.69) is 9.97 Å². The van der Waals surface area contributed by atoms with Gasteiger partial charge in [-0.25, -0.2) is 0 Å². The van der Waals surface area contributed by atoms with Crippen LogP contribution in [-0.4, -0.2) is 45.1 Å². The number of aromatic amines is 1. The molecule has 1 amide bonds. The lowest BCUT2D eigenvalue weighted by atomic mass is 9.95. The highest BCUT2D eigenvalue weighted by Crippen LogP contribution is 2.24. The van der Waals surface area contributed by atoms with Gasteiger partial charge in [-0.3, -0.25) is 14.6 Å². The number of β-amino-alcohol motifs (C(OH)–C–C–N with tert-alkyl or cyclic N) is 1. The van der Waals surface area contributed by atoms with Gasteiger partial charge >= 0.3 is 0 Å². The molecule has 26 heavy (non-hydrogen) atoms. The zero-order chi connectivity index (χ0) is 18.1. The van der Waals surface area contributed by atoms with E-state index in [0.29, 0.717) is 13.0 Å². The molecule has 2 aromatic heterocycles. The number of hydrogen-bond donors (Lipinski definition) is 2. The van der Waals surface area contributed by atoms with Gasteiger partial charge in [0.25, 0.3) is 11.5 Å². The third-order valence-electron chi connectivity index (χ3n) is 5.51. The number of H-pyrrole nitrogens is 1. The lowest BCUT2D eigenvalue weighted by molar-refractivity contribution is 0.0762. The molecule has 2 N–H and O–H groups in total. The van der Waals surface area contributed by atoms with Crippen molar-refractivity contribution < 1.29 is 9.90 Å². The summed E-state index contributed by atoms with van der Waals surface area (Å²) in [7, 11) is 0. The van der Waals surface area contributed by atoms with Crippen molar-refractivity contribution in [1.82, 2.24) is 14.9 Å². The second kappa shape index (κ2) is 7.03. The Balaban J connectivity index is 1.51. The third kappa shape index (κ3) is 3.29. The minimum atomic E-state index is -0.580. The largest absolute Gasteiger partial charge is 0.391 e. The number of nitrogens with one attached hydrogen (secondary N) is 1. The Morgan fingerprint density at radius 3 is 2.81 bits per heavy atom. The molecule has 136 valence electrons. The number of rotatable bonds is 3. The number of amides is 1. The van der Waals surface area contributed by atoms with E-state index >= 15 is 0 Å². The third-order valence-corrected chi connectivity index (χ3v) is 5.51. The first-order valence-corrected chi connectivity index (χ1v) is 9.23. The van der Waals surface area contributed by atoms with Crippen LogP contribution >= 0.6 is 0 Å². The maximum Gasteiger partial charge on any atom is 0.261 e. The maximum absolute atomic E-state index is 12.9. The van der Waals surface area contributed by atoms with E-state index in [1.54, 1.807) is 23.4 Å². The molecule has 6 heteroatoms. The molecule has 2 atom stereocenters. The Morgan fingerprint density at radius 2 is 2.00 bits per heavy atom. The standard InChI is InChI=1S/C20H23N3O3/c24-18-12-23(11-15(18)9-13-5-7-21-8-6-13)20(26)16-10-14-3-1-2-4-17(14)22-19(16)25/h5-8,10,15,18,24H,1-4,9,11-12H2,(H,22,25). The molecule has 2 unspecified atom stereocenters. The average Bonchev–Trinajstić information content (AvgIpc) is 3.02.